The lowest BCUT2D eigenvalue weighted by molar-refractivity contribution is -0.330. The molecule has 0 spiro atoms. The van der Waals surface area contributed by atoms with Gasteiger partial charge in [0.15, 0.2) is 5.78 Å². The Morgan fingerprint density at radius 3 is 2.31 bits per heavy atom. The van der Waals surface area contributed by atoms with Gasteiger partial charge in [-0.25, -0.2) is 0 Å². The predicted molar refractivity (Wildman–Crippen MR) is 53.5 cm³/mol. The number of halogens is 1. The fourth-order valence-electron chi connectivity index (χ4n) is 1.56. The molecule has 0 aliphatic carbocycles. The number of carbonyl (C=O) groups is 1. The van der Waals surface area contributed by atoms with Crippen LogP contribution in [0.25, 0.3) is 0 Å². The second kappa shape index (κ2) is 4.30. The maximum atomic E-state index is 11.2. The molecule has 5 atom stereocenters. The van der Waals surface area contributed by atoms with Crippen LogP contribution in [-0.2, 0) is 9.53 Å². The molecule has 1 aliphatic rings. The van der Waals surface area contributed by atoms with Gasteiger partial charge in [0.1, 0.15) is 18.3 Å². The highest BCUT2D eigenvalue weighted by Gasteiger charge is 2.65. The van der Waals surface area contributed by atoms with E-state index in [2.05, 4.69) is 15.9 Å². The van der Waals surface area contributed by atoms with Gasteiger partial charge in [-0.3, -0.25) is 4.79 Å². The van der Waals surface area contributed by atoms with Crippen molar-refractivity contribution in [1.82, 2.24) is 0 Å². The van der Waals surface area contributed by atoms with Crippen molar-refractivity contribution >= 4 is 21.7 Å². The summed E-state index contributed by atoms with van der Waals surface area (Å²) in [4.78, 5) is 11.2. The smallest absolute Gasteiger partial charge is 0.264 e. The molecule has 1 saturated heterocycles. The van der Waals surface area contributed by atoms with Crippen molar-refractivity contribution in [2.45, 2.75) is 35.5 Å². The van der Waals surface area contributed by atoms with Gasteiger partial charge in [0, 0.05) is 0 Å². The highest BCUT2D eigenvalue weighted by atomic mass is 79.9. The molecule has 0 amide bonds. The summed E-state index contributed by atoms with van der Waals surface area (Å²) >= 11 is 2.54. The number of rotatable bonds is 2. The van der Waals surface area contributed by atoms with Crippen LogP contribution in [0.5, 0.6) is 0 Å². The first kappa shape index (κ1) is 14.0. The molecule has 1 fully saturated rings. The third-order valence-electron chi connectivity index (χ3n) is 2.63. The molecule has 5 N–H and O–H groups in total. The van der Waals surface area contributed by atoms with Crippen LogP contribution < -0.4 is 0 Å². The number of ketones is 1. The topological polar surface area (TPSA) is 127 Å². The molecule has 0 saturated carbocycles. The number of aliphatic hydroxyl groups excluding tert-OH is 3. The maximum absolute atomic E-state index is 11.2. The average Bonchev–Trinajstić information content (AvgIpc) is 2.20. The van der Waals surface area contributed by atoms with Crippen molar-refractivity contribution < 1.29 is 35.1 Å². The number of hydrogen-bond acceptors (Lipinski definition) is 7. The van der Waals surface area contributed by atoms with E-state index in [9.17, 15) is 25.2 Å². The first-order valence-corrected chi connectivity index (χ1v) is 5.27. The van der Waals surface area contributed by atoms with Crippen molar-refractivity contribution in [3.63, 3.8) is 0 Å². The lowest BCUT2D eigenvalue weighted by Crippen LogP contribution is -2.73. The summed E-state index contributed by atoms with van der Waals surface area (Å²) < 4.78 is 2.15. The number of ether oxygens (including phenoxy) is 1. The van der Waals surface area contributed by atoms with E-state index >= 15 is 0 Å². The van der Waals surface area contributed by atoms with Gasteiger partial charge in [-0.15, -0.1) is 0 Å². The third-order valence-corrected chi connectivity index (χ3v) is 3.42. The van der Waals surface area contributed by atoms with Gasteiger partial charge in [-0.05, 0) is 22.9 Å². The van der Waals surface area contributed by atoms with E-state index in [0.29, 0.717) is 0 Å². The highest BCUT2D eigenvalue weighted by Crippen LogP contribution is 2.41. The van der Waals surface area contributed by atoms with Crippen LogP contribution in [-0.4, -0.2) is 66.5 Å². The molecular weight excluding hydrogens is 288 g/mol. The Morgan fingerprint density at radius 1 is 1.44 bits per heavy atom. The second-order valence-electron chi connectivity index (χ2n) is 3.66. The Morgan fingerprint density at radius 2 is 1.94 bits per heavy atom. The molecule has 0 aromatic carbocycles. The van der Waals surface area contributed by atoms with Gasteiger partial charge in [0.2, 0.25) is 5.60 Å². The summed E-state index contributed by atoms with van der Waals surface area (Å²) in [6, 6.07) is 0. The molecule has 0 aromatic rings. The van der Waals surface area contributed by atoms with Crippen molar-refractivity contribution in [1.29, 1.82) is 0 Å². The summed E-state index contributed by atoms with van der Waals surface area (Å²) in [6.45, 7) is 0.227. The Bertz CT molecular complexity index is 294. The zero-order chi connectivity index (χ0) is 12.7. The molecule has 0 aromatic heterocycles. The first-order valence-electron chi connectivity index (χ1n) is 4.48. The minimum Gasteiger partial charge on any atom is -0.394 e. The lowest BCUT2D eigenvalue weighted by Gasteiger charge is -2.48. The van der Waals surface area contributed by atoms with Crippen molar-refractivity contribution in [3.8, 4) is 0 Å². The first-order chi connectivity index (χ1) is 7.18. The molecule has 0 radical (unpaired) electrons. The minimum atomic E-state index is -2.71. The Hall–Kier alpha value is -0.0900. The van der Waals surface area contributed by atoms with E-state index < -0.39 is 41.0 Å². The lowest BCUT2D eigenvalue weighted by atomic mass is 9.83. The van der Waals surface area contributed by atoms with Gasteiger partial charge in [-0.2, -0.15) is 0 Å². The number of aliphatic hydroxyl groups is 5. The highest BCUT2D eigenvalue weighted by molar-refractivity contribution is 9.10. The zero-order valence-electron chi connectivity index (χ0n) is 8.37. The van der Waals surface area contributed by atoms with Gasteiger partial charge >= 0.3 is 0 Å². The van der Waals surface area contributed by atoms with Crippen molar-refractivity contribution in [2.24, 2.45) is 0 Å². The molecule has 8 heteroatoms. The molecule has 94 valence electrons. The van der Waals surface area contributed by atoms with E-state index in [1.807, 2.05) is 0 Å². The summed E-state index contributed by atoms with van der Waals surface area (Å²) in [5, 5.41) is 47.5. The Balaban J connectivity index is 3.15. The van der Waals surface area contributed by atoms with Crippen LogP contribution >= 0.6 is 15.9 Å². The summed E-state index contributed by atoms with van der Waals surface area (Å²) in [6.07, 6.45) is -5.00. The standard InChI is InChI=1S/C8H13BrO7/c1-3(11)7(14)6(13)5(12)4(2-10)16-8(7,9)15/h4-6,10,12-15H,2H2,1H3/t4-,5-,6+,7-,8?/m1/s1. The monoisotopic (exact) mass is 300 g/mol. The predicted octanol–water partition coefficient (Wildman–Crippen LogP) is -2.54. The summed E-state index contributed by atoms with van der Waals surface area (Å²) in [5.41, 5.74) is -2.71. The van der Waals surface area contributed by atoms with Gasteiger partial charge in [0.05, 0.1) is 6.61 Å². The van der Waals surface area contributed by atoms with Crippen LogP contribution in [0.3, 0.4) is 0 Å². The normalized spacial score (nSPS) is 49.1. The SMILES string of the molecule is CC(=O)[C@@]1(O)[C@@H](O)[C@H](O)[C@@H](CO)OC1(O)Br. The molecular formula is C8H13BrO7. The van der Waals surface area contributed by atoms with Gasteiger partial charge in [0.25, 0.3) is 4.70 Å². The maximum Gasteiger partial charge on any atom is 0.264 e. The largest absolute Gasteiger partial charge is 0.394 e. The number of hydrogen-bond donors (Lipinski definition) is 5. The number of carbonyl (C=O) groups excluding carboxylic acids is 1. The van der Waals surface area contributed by atoms with Gasteiger partial charge in [-0.1, -0.05) is 0 Å². The van der Waals surface area contributed by atoms with Crippen molar-refractivity contribution in [2.75, 3.05) is 6.61 Å². The van der Waals surface area contributed by atoms with E-state index in [0.717, 1.165) is 6.92 Å². The van der Waals surface area contributed by atoms with Crippen LogP contribution in [0.1, 0.15) is 6.92 Å². The fraction of sp³-hybridized carbons (Fsp3) is 0.875. The number of alkyl halides is 1. The molecule has 1 rings (SSSR count). The molecule has 16 heavy (non-hydrogen) atoms. The summed E-state index contributed by atoms with van der Waals surface area (Å²) in [7, 11) is 0. The van der Waals surface area contributed by atoms with Crippen LogP contribution in [0.4, 0.5) is 0 Å². The van der Waals surface area contributed by atoms with Crippen LogP contribution in [0.15, 0.2) is 0 Å². The van der Waals surface area contributed by atoms with E-state index in [1.165, 1.54) is 0 Å². The molecule has 1 aliphatic heterocycles. The zero-order valence-corrected chi connectivity index (χ0v) is 9.96. The molecule has 1 unspecified atom stereocenters. The van der Waals surface area contributed by atoms with E-state index in [1.54, 1.807) is 0 Å². The molecule has 7 nitrogen and oxygen atoms in total. The minimum absolute atomic E-state index is 0.694. The van der Waals surface area contributed by atoms with Crippen LogP contribution in [0, 0.1) is 0 Å². The molecule has 1 heterocycles. The third kappa shape index (κ3) is 1.80. The van der Waals surface area contributed by atoms with Crippen molar-refractivity contribution in [3.05, 3.63) is 0 Å². The summed E-state index contributed by atoms with van der Waals surface area (Å²) in [5.74, 6) is -0.991. The van der Waals surface area contributed by atoms with Gasteiger partial charge < -0.3 is 30.3 Å². The average molecular weight is 301 g/mol. The second-order valence-corrected chi connectivity index (χ2v) is 4.73. The van der Waals surface area contributed by atoms with Crippen LogP contribution in [0.2, 0.25) is 0 Å². The Labute approximate surface area is 99.4 Å². The molecule has 0 bridgehead atoms. The Kier molecular flexibility index (Phi) is 3.75. The van der Waals surface area contributed by atoms with E-state index in [4.69, 9.17) is 9.84 Å². The number of Topliss-reactive ketones (excluding diaryl/α,β-unsaturated/α-hetero) is 1. The fourth-order valence-corrected chi connectivity index (χ4v) is 2.32. The quantitative estimate of drug-likeness (QED) is 0.356. The van der Waals surface area contributed by atoms with E-state index in [-0.39, 0.29) is 0 Å².